The number of hydrogen-bond acceptors (Lipinski definition) is 1. The molecule has 3 nitrogen and oxygen atoms in total. The molecule has 0 amide bonds. The molecule has 0 unspecified atom stereocenters. The number of hydrogen-bond donors (Lipinski definition) is 0. The van der Waals surface area contributed by atoms with E-state index in [4.69, 9.17) is 6.57 Å². The van der Waals surface area contributed by atoms with E-state index < -0.39 is 8.07 Å². The summed E-state index contributed by atoms with van der Waals surface area (Å²) in [6.45, 7) is 8.74. The van der Waals surface area contributed by atoms with Gasteiger partial charge in [0, 0.05) is 16.5 Å². The van der Waals surface area contributed by atoms with Crippen molar-refractivity contribution >= 4 is 56.3 Å². The minimum atomic E-state index is -3.09. The molecular formula is C44H29N3Si. The van der Waals surface area contributed by atoms with Gasteiger partial charge in [-0.05, 0) is 62.2 Å². The Kier molecular flexibility index (Phi) is 7.27. The van der Waals surface area contributed by atoms with Gasteiger partial charge < -0.3 is 4.57 Å². The average Bonchev–Trinajstić information content (AvgIpc) is 3.51. The number of nitriles is 1. The van der Waals surface area contributed by atoms with Crippen molar-refractivity contribution in [3.05, 3.63) is 193 Å². The fraction of sp³-hybridized carbons (Fsp3) is 0. The molecule has 4 heteroatoms. The molecule has 0 radical (unpaired) electrons. The lowest BCUT2D eigenvalue weighted by Crippen LogP contribution is -2.74. The van der Waals surface area contributed by atoms with Gasteiger partial charge in [-0.3, -0.25) is 0 Å². The standard InChI is InChI=1S/C44H29N3Si/c1-46-44-40(33-16-15-17-34(30-33)47-41-26-13-11-24-38(41)39-25-12-14-27-42(39)47)28-32(31-45)29-43(44)48(35-18-5-2-6-19-35,36-20-7-3-8-21-36)37-22-9-4-10-23-37/h2-30H. The highest BCUT2D eigenvalue weighted by atomic mass is 28.3. The summed E-state index contributed by atoms with van der Waals surface area (Å²) in [6.07, 6.45) is 0. The third-order valence-electron chi connectivity index (χ3n) is 9.37. The molecule has 1 heterocycles. The second-order valence-corrected chi connectivity index (χ2v) is 15.7. The second-order valence-electron chi connectivity index (χ2n) is 11.9. The second kappa shape index (κ2) is 12.0. The molecule has 0 N–H and O–H groups in total. The van der Waals surface area contributed by atoms with E-state index in [0.29, 0.717) is 11.3 Å². The van der Waals surface area contributed by atoms with E-state index in [-0.39, 0.29) is 0 Å². The van der Waals surface area contributed by atoms with Crippen molar-refractivity contribution in [1.29, 1.82) is 5.26 Å². The van der Waals surface area contributed by atoms with E-state index in [1.165, 1.54) is 10.8 Å². The highest BCUT2D eigenvalue weighted by Crippen LogP contribution is 2.36. The van der Waals surface area contributed by atoms with Crippen molar-refractivity contribution in [2.24, 2.45) is 0 Å². The van der Waals surface area contributed by atoms with Crippen LogP contribution in [-0.2, 0) is 0 Å². The largest absolute Gasteiger partial charge is 0.309 e. The highest BCUT2D eigenvalue weighted by molar-refractivity contribution is 7.20. The van der Waals surface area contributed by atoms with E-state index in [1.54, 1.807) is 0 Å². The molecule has 0 aliphatic carbocycles. The van der Waals surface area contributed by atoms with Crippen LogP contribution in [0.2, 0.25) is 0 Å². The van der Waals surface area contributed by atoms with E-state index in [9.17, 15) is 5.26 Å². The predicted octanol–water partition coefficient (Wildman–Crippen LogP) is 8.25. The molecule has 8 rings (SSSR count). The highest BCUT2D eigenvalue weighted by Gasteiger charge is 2.43. The molecule has 0 saturated heterocycles. The van der Waals surface area contributed by atoms with Gasteiger partial charge in [0.2, 0.25) is 0 Å². The first-order valence-corrected chi connectivity index (χ1v) is 18.0. The number of fused-ring (bicyclic) bond motifs is 3. The maximum absolute atomic E-state index is 10.5. The van der Waals surface area contributed by atoms with Crippen LogP contribution in [-0.4, -0.2) is 12.6 Å². The first kappa shape index (κ1) is 29.0. The quantitative estimate of drug-likeness (QED) is 0.104. The number of aromatic nitrogens is 1. The fourth-order valence-corrected chi connectivity index (χ4v) is 12.3. The molecule has 0 fully saturated rings. The van der Waals surface area contributed by atoms with Gasteiger partial charge in [0.05, 0.1) is 29.2 Å². The van der Waals surface area contributed by atoms with Crippen LogP contribution in [0.15, 0.2) is 176 Å². The summed E-state index contributed by atoms with van der Waals surface area (Å²) in [4.78, 5) is 4.33. The number of para-hydroxylation sites is 2. The molecule has 0 saturated carbocycles. The van der Waals surface area contributed by atoms with Crippen LogP contribution < -0.4 is 20.7 Å². The first-order chi connectivity index (χ1) is 23.7. The molecule has 0 spiro atoms. The Hall–Kier alpha value is -6.46. The Bertz CT molecular complexity index is 2370. The minimum absolute atomic E-state index is 0.536. The molecule has 0 aliphatic heterocycles. The van der Waals surface area contributed by atoms with Crippen LogP contribution in [0.1, 0.15) is 5.56 Å². The zero-order chi connectivity index (χ0) is 32.5. The van der Waals surface area contributed by atoms with E-state index in [2.05, 4.69) is 161 Å². The van der Waals surface area contributed by atoms with E-state index in [0.717, 1.165) is 48.6 Å². The van der Waals surface area contributed by atoms with Gasteiger partial charge in [0.1, 0.15) is 0 Å². The van der Waals surface area contributed by atoms with Gasteiger partial charge >= 0.3 is 0 Å². The van der Waals surface area contributed by atoms with Crippen molar-refractivity contribution in [3.63, 3.8) is 0 Å². The molecule has 7 aromatic carbocycles. The third-order valence-corrected chi connectivity index (χ3v) is 14.2. The van der Waals surface area contributed by atoms with Crippen molar-refractivity contribution in [2.75, 3.05) is 0 Å². The molecule has 48 heavy (non-hydrogen) atoms. The van der Waals surface area contributed by atoms with Crippen molar-refractivity contribution in [3.8, 4) is 22.9 Å². The smallest absolute Gasteiger partial charge is 0.195 e. The third kappa shape index (κ3) is 4.55. The lowest BCUT2D eigenvalue weighted by Gasteiger charge is -2.36. The summed E-state index contributed by atoms with van der Waals surface area (Å²) in [5.41, 5.74) is 6.03. The van der Waals surface area contributed by atoms with Gasteiger partial charge in [0.15, 0.2) is 13.8 Å². The summed E-state index contributed by atoms with van der Waals surface area (Å²) in [6, 6.07) is 63.3. The molecule has 224 valence electrons. The summed E-state index contributed by atoms with van der Waals surface area (Å²) >= 11 is 0. The lowest BCUT2D eigenvalue weighted by molar-refractivity contribution is 1.18. The maximum Gasteiger partial charge on any atom is 0.195 e. The van der Waals surface area contributed by atoms with Gasteiger partial charge in [0.25, 0.3) is 0 Å². The SMILES string of the molecule is [C-]#[N+]c1c(-c2cccc(-n3c4ccccc4c4ccccc43)c2)cc(C#N)cc1[Si](c1ccccc1)(c1ccccc1)c1ccccc1. The zero-order valence-electron chi connectivity index (χ0n) is 26.1. The number of nitrogens with zero attached hydrogens (tertiary/aromatic N) is 3. The van der Waals surface area contributed by atoms with Crippen LogP contribution in [0, 0.1) is 17.9 Å². The summed E-state index contributed by atoms with van der Waals surface area (Å²) < 4.78 is 2.29. The monoisotopic (exact) mass is 627 g/mol. The van der Waals surface area contributed by atoms with Gasteiger partial charge in [-0.15, -0.1) is 0 Å². The fourth-order valence-electron chi connectivity index (χ4n) is 7.37. The minimum Gasteiger partial charge on any atom is -0.309 e. The Morgan fingerprint density at radius 3 is 1.54 bits per heavy atom. The molecule has 0 bridgehead atoms. The van der Waals surface area contributed by atoms with Crippen LogP contribution in [0.5, 0.6) is 0 Å². The van der Waals surface area contributed by atoms with Gasteiger partial charge in [-0.1, -0.05) is 146 Å². The predicted molar refractivity (Wildman–Crippen MR) is 201 cm³/mol. The van der Waals surface area contributed by atoms with Crippen molar-refractivity contribution in [2.45, 2.75) is 0 Å². The van der Waals surface area contributed by atoms with Crippen LogP contribution in [0.25, 0.3) is 43.5 Å². The average molecular weight is 628 g/mol. The van der Waals surface area contributed by atoms with Gasteiger partial charge in [-0.25, -0.2) is 4.85 Å². The van der Waals surface area contributed by atoms with Gasteiger partial charge in [-0.2, -0.15) is 5.26 Å². The molecular weight excluding hydrogens is 599 g/mol. The van der Waals surface area contributed by atoms with Crippen molar-refractivity contribution in [1.82, 2.24) is 4.57 Å². The Morgan fingerprint density at radius 2 is 1.04 bits per heavy atom. The first-order valence-electron chi connectivity index (χ1n) is 16.0. The van der Waals surface area contributed by atoms with Crippen LogP contribution in [0.3, 0.4) is 0 Å². The normalized spacial score (nSPS) is 11.3. The molecule has 0 aliphatic rings. The Labute approximate surface area is 281 Å². The molecule has 0 atom stereocenters. The van der Waals surface area contributed by atoms with Crippen LogP contribution >= 0.6 is 0 Å². The van der Waals surface area contributed by atoms with E-state index in [1.807, 2.05) is 30.3 Å². The number of rotatable bonds is 6. The Morgan fingerprint density at radius 1 is 0.542 bits per heavy atom. The molecule has 8 aromatic rings. The summed E-state index contributed by atoms with van der Waals surface area (Å²) in [7, 11) is -3.09. The lowest BCUT2D eigenvalue weighted by atomic mass is 10.0. The summed E-state index contributed by atoms with van der Waals surface area (Å²) in [5, 5.41) is 17.3. The number of benzene rings is 7. The zero-order valence-corrected chi connectivity index (χ0v) is 27.1. The van der Waals surface area contributed by atoms with Crippen molar-refractivity contribution < 1.29 is 0 Å². The van der Waals surface area contributed by atoms with Crippen LogP contribution in [0.4, 0.5) is 5.69 Å². The Balaban J connectivity index is 1.45. The topological polar surface area (TPSA) is 33.1 Å². The molecule has 1 aromatic heterocycles. The van der Waals surface area contributed by atoms with E-state index >= 15 is 0 Å². The summed E-state index contributed by atoms with van der Waals surface area (Å²) in [5.74, 6) is 0. The maximum atomic E-state index is 10.5.